The zero-order valence-electron chi connectivity index (χ0n) is 10.0. The van der Waals surface area contributed by atoms with Crippen LogP contribution in [-0.2, 0) is 6.54 Å². The maximum atomic E-state index is 6.00. The van der Waals surface area contributed by atoms with Crippen molar-refractivity contribution in [3.8, 4) is 5.69 Å². The smallest absolute Gasteiger partial charge is 0.0663 e. The van der Waals surface area contributed by atoms with Gasteiger partial charge in [-0.25, -0.2) is 4.68 Å². The van der Waals surface area contributed by atoms with Crippen LogP contribution in [0, 0.1) is 0 Å². The Labute approximate surface area is 106 Å². The first-order valence-corrected chi connectivity index (χ1v) is 6.04. The Kier molecular flexibility index (Phi) is 3.50. The molecule has 2 aromatic rings. The Morgan fingerprint density at radius 2 is 2.18 bits per heavy atom. The Balaban J connectivity index is 2.56. The Bertz CT molecular complexity index is 517. The van der Waals surface area contributed by atoms with E-state index in [0.717, 1.165) is 16.9 Å². The van der Waals surface area contributed by atoms with E-state index in [1.165, 1.54) is 0 Å². The van der Waals surface area contributed by atoms with E-state index >= 15 is 0 Å². The summed E-state index contributed by atoms with van der Waals surface area (Å²) in [5, 5.41) is 5.11. The average molecular weight is 250 g/mol. The van der Waals surface area contributed by atoms with Crippen LogP contribution in [0.2, 0.25) is 5.02 Å². The van der Waals surface area contributed by atoms with Crippen LogP contribution in [-0.4, -0.2) is 9.78 Å². The fourth-order valence-electron chi connectivity index (χ4n) is 1.98. The van der Waals surface area contributed by atoms with Crippen LogP contribution in [0.4, 0.5) is 0 Å². The lowest BCUT2D eigenvalue weighted by Crippen LogP contribution is -2.07. The second kappa shape index (κ2) is 4.90. The fourth-order valence-corrected chi connectivity index (χ4v) is 2.16. The van der Waals surface area contributed by atoms with Crippen LogP contribution in [0.5, 0.6) is 0 Å². The third-order valence-corrected chi connectivity index (χ3v) is 2.94. The second-order valence-corrected chi connectivity index (χ2v) is 4.74. The molecule has 1 aromatic carbocycles. The van der Waals surface area contributed by atoms with E-state index in [1.807, 2.05) is 35.1 Å². The molecular formula is C13H16ClN3. The van der Waals surface area contributed by atoms with Crippen molar-refractivity contribution in [3.05, 3.63) is 46.7 Å². The van der Waals surface area contributed by atoms with Gasteiger partial charge in [0.1, 0.15) is 0 Å². The average Bonchev–Trinajstić information content (AvgIpc) is 2.72. The Hall–Kier alpha value is -1.32. The first kappa shape index (κ1) is 12.1. The molecule has 0 aliphatic heterocycles. The topological polar surface area (TPSA) is 43.8 Å². The first-order valence-electron chi connectivity index (χ1n) is 5.66. The molecule has 0 saturated carbocycles. The molecule has 0 amide bonds. The van der Waals surface area contributed by atoms with Gasteiger partial charge in [0.25, 0.3) is 0 Å². The standard InChI is InChI=1S/C13H16ClN3/c1-9(2)13-10(7-15)8-16-17(13)12-5-3-4-11(14)6-12/h3-6,8-9H,7,15H2,1-2H3. The quantitative estimate of drug-likeness (QED) is 0.908. The van der Waals surface area contributed by atoms with E-state index in [4.69, 9.17) is 17.3 Å². The number of hydrogen-bond donors (Lipinski definition) is 1. The largest absolute Gasteiger partial charge is 0.326 e. The number of nitrogens with zero attached hydrogens (tertiary/aromatic N) is 2. The first-order chi connectivity index (χ1) is 8.13. The minimum Gasteiger partial charge on any atom is -0.326 e. The van der Waals surface area contributed by atoms with Crippen molar-refractivity contribution in [1.82, 2.24) is 9.78 Å². The van der Waals surface area contributed by atoms with Gasteiger partial charge < -0.3 is 5.73 Å². The number of aromatic nitrogens is 2. The number of halogens is 1. The molecule has 0 radical (unpaired) electrons. The number of nitrogens with two attached hydrogens (primary N) is 1. The normalized spacial score (nSPS) is 11.1. The molecule has 2 N–H and O–H groups in total. The molecule has 0 aliphatic carbocycles. The molecule has 4 heteroatoms. The predicted molar refractivity (Wildman–Crippen MR) is 70.6 cm³/mol. The van der Waals surface area contributed by atoms with Gasteiger partial charge in [-0.3, -0.25) is 0 Å². The zero-order chi connectivity index (χ0) is 12.4. The minimum absolute atomic E-state index is 0.370. The van der Waals surface area contributed by atoms with Crippen LogP contribution < -0.4 is 5.73 Å². The van der Waals surface area contributed by atoms with Gasteiger partial charge in [0.2, 0.25) is 0 Å². The van der Waals surface area contributed by atoms with Crippen LogP contribution in [0.15, 0.2) is 30.5 Å². The van der Waals surface area contributed by atoms with E-state index in [0.29, 0.717) is 17.5 Å². The van der Waals surface area contributed by atoms with Gasteiger partial charge in [-0.2, -0.15) is 5.10 Å². The maximum Gasteiger partial charge on any atom is 0.0663 e. The highest BCUT2D eigenvalue weighted by atomic mass is 35.5. The van der Waals surface area contributed by atoms with Gasteiger partial charge >= 0.3 is 0 Å². The molecule has 0 unspecified atom stereocenters. The molecule has 2 rings (SSSR count). The number of hydrogen-bond acceptors (Lipinski definition) is 2. The van der Waals surface area contributed by atoms with Crippen molar-refractivity contribution in [2.24, 2.45) is 5.73 Å². The number of rotatable bonds is 3. The van der Waals surface area contributed by atoms with E-state index < -0.39 is 0 Å². The SMILES string of the molecule is CC(C)c1c(CN)cnn1-c1cccc(Cl)c1. The molecule has 0 saturated heterocycles. The summed E-state index contributed by atoms with van der Waals surface area (Å²) in [5.41, 5.74) is 8.93. The minimum atomic E-state index is 0.370. The third-order valence-electron chi connectivity index (χ3n) is 2.71. The maximum absolute atomic E-state index is 6.00. The van der Waals surface area contributed by atoms with Gasteiger partial charge in [-0.1, -0.05) is 31.5 Å². The summed E-state index contributed by atoms with van der Waals surface area (Å²) in [5.74, 6) is 0.370. The Morgan fingerprint density at radius 3 is 2.76 bits per heavy atom. The molecule has 0 atom stereocenters. The van der Waals surface area contributed by atoms with Crippen molar-refractivity contribution in [2.45, 2.75) is 26.3 Å². The van der Waals surface area contributed by atoms with Crippen molar-refractivity contribution < 1.29 is 0 Å². The van der Waals surface area contributed by atoms with Crippen molar-refractivity contribution >= 4 is 11.6 Å². The second-order valence-electron chi connectivity index (χ2n) is 4.31. The Morgan fingerprint density at radius 1 is 1.41 bits per heavy atom. The van der Waals surface area contributed by atoms with Gasteiger partial charge in [0.15, 0.2) is 0 Å². The molecular weight excluding hydrogens is 234 g/mol. The van der Waals surface area contributed by atoms with Gasteiger partial charge in [0, 0.05) is 17.1 Å². The van der Waals surface area contributed by atoms with Gasteiger partial charge in [0.05, 0.1) is 17.6 Å². The highest BCUT2D eigenvalue weighted by Crippen LogP contribution is 2.23. The summed E-state index contributed by atoms with van der Waals surface area (Å²) >= 11 is 6.00. The van der Waals surface area contributed by atoms with Crippen LogP contribution in [0.25, 0.3) is 5.69 Å². The van der Waals surface area contributed by atoms with Crippen molar-refractivity contribution in [1.29, 1.82) is 0 Å². The van der Waals surface area contributed by atoms with E-state index in [1.54, 1.807) is 0 Å². The summed E-state index contributed by atoms with van der Waals surface area (Å²) in [6, 6.07) is 7.67. The third kappa shape index (κ3) is 2.35. The lowest BCUT2D eigenvalue weighted by molar-refractivity contribution is 0.725. The van der Waals surface area contributed by atoms with Crippen molar-refractivity contribution in [3.63, 3.8) is 0 Å². The fraction of sp³-hybridized carbons (Fsp3) is 0.308. The zero-order valence-corrected chi connectivity index (χ0v) is 10.8. The summed E-state index contributed by atoms with van der Waals surface area (Å²) in [6.07, 6.45) is 1.83. The number of benzene rings is 1. The summed E-state index contributed by atoms with van der Waals surface area (Å²) in [4.78, 5) is 0. The molecule has 1 heterocycles. The van der Waals surface area contributed by atoms with E-state index in [2.05, 4.69) is 18.9 Å². The van der Waals surface area contributed by atoms with E-state index in [9.17, 15) is 0 Å². The predicted octanol–water partition coefficient (Wildman–Crippen LogP) is 3.11. The summed E-state index contributed by atoms with van der Waals surface area (Å²) in [6.45, 7) is 4.78. The summed E-state index contributed by atoms with van der Waals surface area (Å²) < 4.78 is 1.92. The monoisotopic (exact) mass is 249 g/mol. The molecule has 0 spiro atoms. The van der Waals surface area contributed by atoms with Gasteiger partial charge in [-0.15, -0.1) is 0 Å². The molecule has 0 aliphatic rings. The molecule has 0 fully saturated rings. The van der Waals surface area contributed by atoms with Gasteiger partial charge in [-0.05, 0) is 24.1 Å². The highest BCUT2D eigenvalue weighted by molar-refractivity contribution is 6.30. The molecule has 90 valence electrons. The summed E-state index contributed by atoms with van der Waals surface area (Å²) in [7, 11) is 0. The van der Waals surface area contributed by atoms with Crippen LogP contribution in [0.3, 0.4) is 0 Å². The van der Waals surface area contributed by atoms with Crippen LogP contribution >= 0.6 is 11.6 Å². The van der Waals surface area contributed by atoms with Crippen molar-refractivity contribution in [2.75, 3.05) is 0 Å². The lowest BCUT2D eigenvalue weighted by Gasteiger charge is -2.12. The molecule has 3 nitrogen and oxygen atoms in total. The molecule has 1 aromatic heterocycles. The molecule has 17 heavy (non-hydrogen) atoms. The molecule has 0 bridgehead atoms. The highest BCUT2D eigenvalue weighted by Gasteiger charge is 2.14. The van der Waals surface area contributed by atoms with Crippen LogP contribution in [0.1, 0.15) is 31.0 Å². The van der Waals surface area contributed by atoms with E-state index in [-0.39, 0.29) is 0 Å². The lowest BCUT2D eigenvalue weighted by atomic mass is 10.1.